The lowest BCUT2D eigenvalue weighted by atomic mass is 9.87. The van der Waals surface area contributed by atoms with Gasteiger partial charge in [0, 0.05) is 36.7 Å². The summed E-state index contributed by atoms with van der Waals surface area (Å²) in [5, 5.41) is 12.6. The molecule has 1 fully saturated rings. The van der Waals surface area contributed by atoms with Gasteiger partial charge in [0.05, 0.1) is 0 Å². The fourth-order valence-electron chi connectivity index (χ4n) is 2.64. The molecule has 1 aromatic carbocycles. The number of aliphatic hydroxyl groups is 1. The second-order valence-corrected chi connectivity index (χ2v) is 5.20. The van der Waals surface area contributed by atoms with Crippen LogP contribution >= 0.6 is 0 Å². The standard InChI is InChI=1S/C14H19F2NO/c15-12-4-3-11(13(16)7-12)8-17-9-14(10-18)5-1-2-6-14/h3-4,7,17-18H,1-2,5-6,8-10H2. The lowest BCUT2D eigenvalue weighted by molar-refractivity contribution is 0.128. The van der Waals surface area contributed by atoms with Gasteiger partial charge in [-0.15, -0.1) is 0 Å². The van der Waals surface area contributed by atoms with Gasteiger partial charge in [0.25, 0.3) is 0 Å². The monoisotopic (exact) mass is 255 g/mol. The van der Waals surface area contributed by atoms with Crippen LogP contribution in [0.25, 0.3) is 0 Å². The van der Waals surface area contributed by atoms with Crippen LogP contribution in [-0.2, 0) is 6.54 Å². The number of hydrogen-bond donors (Lipinski definition) is 2. The quantitative estimate of drug-likeness (QED) is 0.847. The van der Waals surface area contributed by atoms with Crippen molar-refractivity contribution in [3.63, 3.8) is 0 Å². The van der Waals surface area contributed by atoms with Gasteiger partial charge < -0.3 is 10.4 Å². The molecule has 0 radical (unpaired) electrons. The van der Waals surface area contributed by atoms with Crippen LogP contribution in [0.1, 0.15) is 31.2 Å². The van der Waals surface area contributed by atoms with Gasteiger partial charge in [-0.2, -0.15) is 0 Å². The molecule has 0 amide bonds. The normalized spacial score (nSPS) is 18.2. The third-order valence-electron chi connectivity index (χ3n) is 3.83. The molecule has 2 nitrogen and oxygen atoms in total. The first-order valence-electron chi connectivity index (χ1n) is 6.41. The summed E-state index contributed by atoms with van der Waals surface area (Å²) < 4.78 is 26.1. The van der Waals surface area contributed by atoms with Crippen molar-refractivity contribution in [2.24, 2.45) is 5.41 Å². The van der Waals surface area contributed by atoms with Gasteiger partial charge in [-0.25, -0.2) is 8.78 Å². The highest BCUT2D eigenvalue weighted by Crippen LogP contribution is 2.36. The Morgan fingerprint density at radius 3 is 2.56 bits per heavy atom. The average molecular weight is 255 g/mol. The molecule has 100 valence electrons. The molecule has 1 aromatic rings. The molecule has 4 heteroatoms. The van der Waals surface area contributed by atoms with Gasteiger partial charge in [-0.05, 0) is 18.9 Å². The van der Waals surface area contributed by atoms with Crippen molar-refractivity contribution < 1.29 is 13.9 Å². The summed E-state index contributed by atoms with van der Waals surface area (Å²) in [6.07, 6.45) is 4.32. The largest absolute Gasteiger partial charge is 0.396 e. The first kappa shape index (κ1) is 13.4. The fraction of sp³-hybridized carbons (Fsp3) is 0.571. The first-order valence-corrected chi connectivity index (χ1v) is 6.41. The predicted molar refractivity (Wildman–Crippen MR) is 66.1 cm³/mol. The van der Waals surface area contributed by atoms with E-state index in [-0.39, 0.29) is 12.0 Å². The fourth-order valence-corrected chi connectivity index (χ4v) is 2.64. The Kier molecular flexibility index (Phi) is 4.30. The predicted octanol–water partition coefficient (Wildman–Crippen LogP) is 2.61. The molecule has 0 heterocycles. The van der Waals surface area contributed by atoms with Crippen LogP contribution in [-0.4, -0.2) is 18.3 Å². The second-order valence-electron chi connectivity index (χ2n) is 5.20. The summed E-state index contributed by atoms with van der Waals surface area (Å²) in [5.74, 6) is -1.08. The van der Waals surface area contributed by atoms with Crippen LogP contribution in [0, 0.1) is 17.0 Å². The number of nitrogens with one attached hydrogen (secondary N) is 1. The van der Waals surface area contributed by atoms with Crippen LogP contribution in [0.3, 0.4) is 0 Å². The van der Waals surface area contributed by atoms with E-state index in [1.807, 2.05) is 0 Å². The van der Waals surface area contributed by atoms with Crippen molar-refractivity contribution in [3.8, 4) is 0 Å². The molecule has 0 bridgehead atoms. The Balaban J connectivity index is 1.88. The zero-order chi connectivity index (χ0) is 13.0. The van der Waals surface area contributed by atoms with E-state index in [0.717, 1.165) is 31.7 Å². The number of rotatable bonds is 5. The minimum atomic E-state index is -0.557. The minimum absolute atomic E-state index is 0.0451. The third kappa shape index (κ3) is 3.06. The molecule has 2 rings (SSSR count). The zero-order valence-corrected chi connectivity index (χ0v) is 10.4. The van der Waals surface area contributed by atoms with E-state index >= 15 is 0 Å². The number of aliphatic hydroxyl groups excluding tert-OH is 1. The zero-order valence-electron chi connectivity index (χ0n) is 10.4. The minimum Gasteiger partial charge on any atom is -0.396 e. The van der Waals surface area contributed by atoms with E-state index in [0.29, 0.717) is 18.7 Å². The van der Waals surface area contributed by atoms with Gasteiger partial charge in [0.1, 0.15) is 11.6 Å². The Bertz CT molecular complexity index is 403. The van der Waals surface area contributed by atoms with Crippen LogP contribution in [0.15, 0.2) is 18.2 Å². The molecule has 0 aliphatic heterocycles. The highest BCUT2D eigenvalue weighted by Gasteiger charge is 2.32. The Morgan fingerprint density at radius 2 is 1.94 bits per heavy atom. The van der Waals surface area contributed by atoms with E-state index < -0.39 is 11.6 Å². The molecule has 0 aromatic heterocycles. The maximum Gasteiger partial charge on any atom is 0.130 e. The number of hydrogen-bond acceptors (Lipinski definition) is 2. The molecule has 0 spiro atoms. The maximum atomic E-state index is 13.4. The van der Waals surface area contributed by atoms with Crippen molar-refractivity contribution in [1.82, 2.24) is 5.32 Å². The van der Waals surface area contributed by atoms with E-state index in [9.17, 15) is 13.9 Å². The Hall–Kier alpha value is -1.00. The summed E-state index contributed by atoms with van der Waals surface area (Å²) in [4.78, 5) is 0. The van der Waals surface area contributed by atoms with Crippen LogP contribution in [0.4, 0.5) is 8.78 Å². The Morgan fingerprint density at radius 1 is 1.22 bits per heavy atom. The molecular formula is C14H19F2NO. The van der Waals surface area contributed by atoms with E-state index in [1.54, 1.807) is 0 Å². The average Bonchev–Trinajstić information content (AvgIpc) is 2.81. The van der Waals surface area contributed by atoms with E-state index in [4.69, 9.17) is 0 Å². The van der Waals surface area contributed by atoms with Crippen molar-refractivity contribution in [1.29, 1.82) is 0 Å². The molecular weight excluding hydrogens is 236 g/mol. The SMILES string of the molecule is OCC1(CNCc2ccc(F)cc2F)CCCC1. The molecule has 1 aliphatic carbocycles. The van der Waals surface area contributed by atoms with E-state index in [1.165, 1.54) is 12.1 Å². The topological polar surface area (TPSA) is 32.3 Å². The van der Waals surface area contributed by atoms with Crippen LogP contribution < -0.4 is 5.32 Å². The summed E-state index contributed by atoms with van der Waals surface area (Å²) >= 11 is 0. The lowest BCUT2D eigenvalue weighted by Crippen LogP contribution is -2.35. The number of halogens is 2. The van der Waals surface area contributed by atoms with Gasteiger partial charge in [-0.3, -0.25) is 0 Å². The molecule has 1 saturated carbocycles. The first-order chi connectivity index (χ1) is 8.65. The van der Waals surface area contributed by atoms with Crippen molar-refractivity contribution in [2.45, 2.75) is 32.2 Å². The van der Waals surface area contributed by atoms with Crippen LogP contribution in [0.2, 0.25) is 0 Å². The highest BCUT2D eigenvalue weighted by molar-refractivity contribution is 5.18. The summed E-state index contributed by atoms with van der Waals surface area (Å²) in [6, 6.07) is 3.61. The van der Waals surface area contributed by atoms with Gasteiger partial charge >= 0.3 is 0 Å². The van der Waals surface area contributed by atoms with Crippen LogP contribution in [0.5, 0.6) is 0 Å². The second kappa shape index (κ2) is 5.76. The number of benzene rings is 1. The van der Waals surface area contributed by atoms with E-state index in [2.05, 4.69) is 5.32 Å². The third-order valence-corrected chi connectivity index (χ3v) is 3.83. The van der Waals surface area contributed by atoms with Gasteiger partial charge in [0.15, 0.2) is 0 Å². The lowest BCUT2D eigenvalue weighted by Gasteiger charge is -2.26. The van der Waals surface area contributed by atoms with Gasteiger partial charge in [-0.1, -0.05) is 18.9 Å². The molecule has 0 atom stereocenters. The summed E-state index contributed by atoms with van der Waals surface area (Å²) in [6.45, 7) is 1.22. The summed E-state index contributed by atoms with van der Waals surface area (Å²) in [5.41, 5.74) is 0.416. The smallest absolute Gasteiger partial charge is 0.130 e. The van der Waals surface area contributed by atoms with Crippen molar-refractivity contribution in [2.75, 3.05) is 13.2 Å². The molecule has 1 aliphatic rings. The molecule has 2 N–H and O–H groups in total. The molecule has 18 heavy (non-hydrogen) atoms. The van der Waals surface area contributed by atoms with Crippen molar-refractivity contribution >= 4 is 0 Å². The van der Waals surface area contributed by atoms with Gasteiger partial charge in [0.2, 0.25) is 0 Å². The molecule has 0 unspecified atom stereocenters. The molecule has 0 saturated heterocycles. The maximum absolute atomic E-state index is 13.4. The Labute approximate surface area is 106 Å². The highest BCUT2D eigenvalue weighted by atomic mass is 19.1. The van der Waals surface area contributed by atoms with Crippen molar-refractivity contribution in [3.05, 3.63) is 35.4 Å². The summed E-state index contributed by atoms with van der Waals surface area (Å²) in [7, 11) is 0.